The number of allylic oxidation sites excluding steroid dienone is 6. The molecule has 40 heavy (non-hydrogen) atoms. The van der Waals surface area contributed by atoms with Crippen LogP contribution < -0.4 is 0 Å². The number of rotatable bonds is 3. The average Bonchev–Trinajstić information content (AvgIpc) is 3.21. The molecule has 0 N–H and O–H groups in total. The minimum absolute atomic E-state index is 0.873. The zero-order valence-electron chi connectivity index (χ0n) is 22.0. The van der Waals surface area contributed by atoms with E-state index in [0.717, 1.165) is 28.4 Å². The summed E-state index contributed by atoms with van der Waals surface area (Å²) in [6.45, 7) is 0. The first-order valence-electron chi connectivity index (χ1n) is 13.8. The molecule has 7 aromatic rings. The Balaban J connectivity index is 1.36. The van der Waals surface area contributed by atoms with E-state index in [1.54, 1.807) is 0 Å². The molecule has 0 unspecified atom stereocenters. The molecule has 0 atom stereocenters. The highest BCUT2D eigenvalue weighted by Gasteiger charge is 2.18. The van der Waals surface area contributed by atoms with Crippen molar-refractivity contribution in [2.24, 2.45) is 0 Å². The van der Waals surface area contributed by atoms with Crippen LogP contribution in [0.3, 0.4) is 0 Å². The van der Waals surface area contributed by atoms with Crippen molar-refractivity contribution in [3.8, 4) is 11.1 Å². The highest BCUT2D eigenvalue weighted by atomic mass is 16.3. The molecular weight excluding hydrogens is 484 g/mol. The second-order valence-corrected chi connectivity index (χ2v) is 10.4. The molecule has 188 valence electrons. The minimum atomic E-state index is 0.873. The maximum Gasteiger partial charge on any atom is 0.135 e. The highest BCUT2D eigenvalue weighted by Crippen LogP contribution is 2.44. The molecule has 0 amide bonds. The molecule has 1 nitrogen and oxygen atoms in total. The van der Waals surface area contributed by atoms with Crippen molar-refractivity contribution < 1.29 is 4.42 Å². The van der Waals surface area contributed by atoms with Gasteiger partial charge in [0.1, 0.15) is 11.2 Å². The Bertz CT molecular complexity index is 2110. The third kappa shape index (κ3) is 3.63. The second-order valence-electron chi connectivity index (χ2n) is 10.4. The van der Waals surface area contributed by atoms with Gasteiger partial charge in [0, 0.05) is 10.8 Å². The van der Waals surface area contributed by atoms with E-state index < -0.39 is 0 Å². The lowest BCUT2D eigenvalue weighted by molar-refractivity contribution is 0.669. The van der Waals surface area contributed by atoms with Crippen LogP contribution in [-0.2, 0) is 0 Å². The summed E-state index contributed by atoms with van der Waals surface area (Å²) in [6, 6.07) is 43.3. The fourth-order valence-electron chi connectivity index (χ4n) is 6.32. The Kier molecular flexibility index (Phi) is 5.28. The lowest BCUT2D eigenvalue weighted by atomic mass is 9.85. The number of benzene rings is 6. The molecular formula is C39H26O. The zero-order valence-corrected chi connectivity index (χ0v) is 22.0. The largest absolute Gasteiger partial charge is 0.456 e. The molecule has 1 heteroatoms. The van der Waals surface area contributed by atoms with E-state index in [-0.39, 0.29) is 0 Å². The summed E-state index contributed by atoms with van der Waals surface area (Å²) in [5.74, 6) is 0. The van der Waals surface area contributed by atoms with Gasteiger partial charge in [-0.05, 0) is 79.6 Å². The Hall–Kier alpha value is -5.14. The Labute approximate surface area is 233 Å². The van der Waals surface area contributed by atoms with Crippen molar-refractivity contribution in [3.63, 3.8) is 0 Å². The molecule has 1 aliphatic carbocycles. The van der Waals surface area contributed by atoms with E-state index in [2.05, 4.69) is 133 Å². The third-order valence-electron chi connectivity index (χ3n) is 8.14. The summed E-state index contributed by atoms with van der Waals surface area (Å²) < 4.78 is 6.15. The van der Waals surface area contributed by atoms with Crippen LogP contribution in [0, 0.1) is 0 Å². The van der Waals surface area contributed by atoms with Crippen LogP contribution in [0.15, 0.2) is 150 Å². The predicted molar refractivity (Wildman–Crippen MR) is 170 cm³/mol. The van der Waals surface area contributed by atoms with E-state index in [4.69, 9.17) is 4.42 Å². The van der Waals surface area contributed by atoms with Gasteiger partial charge in [-0.25, -0.2) is 0 Å². The van der Waals surface area contributed by atoms with Gasteiger partial charge in [0.15, 0.2) is 0 Å². The van der Waals surface area contributed by atoms with Crippen LogP contribution in [-0.4, -0.2) is 0 Å². The van der Waals surface area contributed by atoms with Crippen LogP contribution in [0.1, 0.15) is 17.5 Å². The Morgan fingerprint density at radius 1 is 0.475 bits per heavy atom. The summed E-state index contributed by atoms with van der Waals surface area (Å²) in [5, 5.41) is 7.41. The van der Waals surface area contributed by atoms with Crippen molar-refractivity contribution in [3.05, 3.63) is 157 Å². The van der Waals surface area contributed by atoms with Crippen molar-refractivity contribution in [2.75, 3.05) is 0 Å². The smallest absolute Gasteiger partial charge is 0.135 e. The van der Waals surface area contributed by atoms with Crippen molar-refractivity contribution in [1.82, 2.24) is 0 Å². The molecule has 0 aliphatic heterocycles. The average molecular weight is 511 g/mol. The van der Waals surface area contributed by atoms with E-state index in [9.17, 15) is 0 Å². The lowest BCUT2D eigenvalue weighted by Crippen LogP contribution is -1.93. The normalized spacial score (nSPS) is 13.6. The second kappa shape index (κ2) is 9.25. The topological polar surface area (TPSA) is 13.1 Å². The van der Waals surface area contributed by atoms with Gasteiger partial charge < -0.3 is 4.42 Å². The molecule has 0 saturated carbocycles. The maximum atomic E-state index is 6.15. The number of para-hydroxylation sites is 1. The first kappa shape index (κ1) is 22.8. The maximum absolute atomic E-state index is 6.15. The SMILES string of the molecule is C1=CC(c2ccccc2)=CCC(c2c3ccccc3c(-c3ccc4oc5ccccc5c4c3)c3ccccc23)=C1. The molecule has 0 radical (unpaired) electrons. The molecule has 0 spiro atoms. The van der Waals surface area contributed by atoms with E-state index in [1.807, 2.05) is 12.1 Å². The van der Waals surface area contributed by atoms with Gasteiger partial charge in [-0.15, -0.1) is 0 Å². The standard InChI is InChI=1S/C39H26O/c1-2-11-26(12-3-1)27-13-10-14-28(22-21-27)38-31-16-4-6-18-33(31)39(34-19-7-5-17-32(34)38)29-23-24-37-35(25-29)30-15-8-9-20-36(30)40-37/h1-21,23-25H,22H2. The number of hydrogen-bond donors (Lipinski definition) is 0. The fourth-order valence-corrected chi connectivity index (χ4v) is 6.32. The van der Waals surface area contributed by atoms with Gasteiger partial charge in [0.05, 0.1) is 0 Å². The number of furan rings is 1. The molecule has 0 fully saturated rings. The van der Waals surface area contributed by atoms with Gasteiger partial charge in [-0.1, -0.05) is 127 Å². The summed E-state index contributed by atoms with van der Waals surface area (Å²) in [6.07, 6.45) is 9.96. The monoisotopic (exact) mass is 510 g/mol. The van der Waals surface area contributed by atoms with Gasteiger partial charge >= 0.3 is 0 Å². The minimum Gasteiger partial charge on any atom is -0.456 e. The fraction of sp³-hybridized carbons (Fsp3) is 0.0256. The van der Waals surface area contributed by atoms with Crippen LogP contribution >= 0.6 is 0 Å². The highest BCUT2D eigenvalue weighted by molar-refractivity contribution is 6.20. The van der Waals surface area contributed by atoms with E-state index in [1.165, 1.54) is 54.9 Å². The first-order valence-corrected chi connectivity index (χ1v) is 13.8. The van der Waals surface area contributed by atoms with Gasteiger partial charge in [0.25, 0.3) is 0 Å². The third-order valence-corrected chi connectivity index (χ3v) is 8.14. The summed E-state index contributed by atoms with van der Waals surface area (Å²) in [4.78, 5) is 0. The predicted octanol–water partition coefficient (Wildman–Crippen LogP) is 11.0. The lowest BCUT2D eigenvalue weighted by Gasteiger charge is -2.19. The molecule has 1 heterocycles. The van der Waals surface area contributed by atoms with Crippen molar-refractivity contribution >= 4 is 54.6 Å². The molecule has 1 aliphatic rings. The van der Waals surface area contributed by atoms with Gasteiger partial charge in [-0.3, -0.25) is 0 Å². The van der Waals surface area contributed by atoms with Crippen molar-refractivity contribution in [1.29, 1.82) is 0 Å². The quantitative estimate of drug-likeness (QED) is 0.215. The van der Waals surface area contributed by atoms with Crippen LogP contribution in [0.2, 0.25) is 0 Å². The summed E-state index contributed by atoms with van der Waals surface area (Å²) in [7, 11) is 0. The summed E-state index contributed by atoms with van der Waals surface area (Å²) in [5.41, 5.74) is 9.49. The Morgan fingerprint density at radius 3 is 1.80 bits per heavy atom. The van der Waals surface area contributed by atoms with Gasteiger partial charge in [0.2, 0.25) is 0 Å². The molecule has 6 aromatic carbocycles. The molecule has 0 saturated heterocycles. The van der Waals surface area contributed by atoms with E-state index in [0.29, 0.717) is 0 Å². The van der Waals surface area contributed by atoms with Gasteiger partial charge in [-0.2, -0.15) is 0 Å². The van der Waals surface area contributed by atoms with Crippen LogP contribution in [0.25, 0.3) is 65.8 Å². The Morgan fingerprint density at radius 2 is 1.07 bits per heavy atom. The number of hydrogen-bond acceptors (Lipinski definition) is 1. The first-order chi connectivity index (χ1) is 19.8. The van der Waals surface area contributed by atoms with E-state index >= 15 is 0 Å². The zero-order chi connectivity index (χ0) is 26.5. The number of fused-ring (bicyclic) bond motifs is 5. The van der Waals surface area contributed by atoms with Crippen LogP contribution in [0.4, 0.5) is 0 Å². The molecule has 1 aromatic heterocycles. The molecule has 0 bridgehead atoms. The summed E-state index contributed by atoms with van der Waals surface area (Å²) >= 11 is 0. The van der Waals surface area contributed by atoms with Crippen LogP contribution in [0.5, 0.6) is 0 Å². The molecule has 8 rings (SSSR count). The van der Waals surface area contributed by atoms with Crippen molar-refractivity contribution in [2.45, 2.75) is 6.42 Å².